The van der Waals surface area contributed by atoms with E-state index in [1.54, 1.807) is 0 Å². The topological polar surface area (TPSA) is 51.7 Å². The third kappa shape index (κ3) is 2.04. The van der Waals surface area contributed by atoms with Gasteiger partial charge in [-0.2, -0.15) is 0 Å². The molecule has 0 aliphatic rings. The Morgan fingerprint density at radius 1 is 0.818 bits per heavy atom. The molecule has 0 aliphatic carbocycles. The molecule has 106 valence electrons. The summed E-state index contributed by atoms with van der Waals surface area (Å²) in [6, 6.07) is 22.4. The van der Waals surface area contributed by atoms with Gasteiger partial charge in [0, 0.05) is 45.0 Å². The van der Waals surface area contributed by atoms with Crippen LogP contribution >= 0.6 is 0 Å². The third-order valence-corrected chi connectivity index (χ3v) is 3.88. The zero-order chi connectivity index (χ0) is 14.9. The van der Waals surface area contributed by atoms with Crippen molar-refractivity contribution in [3.8, 4) is 0 Å². The van der Waals surface area contributed by atoms with E-state index >= 15 is 0 Å². The van der Waals surface area contributed by atoms with Crippen LogP contribution in [0.15, 0.2) is 66.7 Å². The minimum atomic E-state index is 0.876. The standard InChI is InChI=1S/C19H15N3/c20-12-13-10-16-15-8-4-5-9-17(15)22-19(16)11-18(13)21-14-6-2-1-3-7-14/h1-12,20-22H. The van der Waals surface area contributed by atoms with Crippen molar-refractivity contribution in [3.05, 3.63) is 72.3 Å². The van der Waals surface area contributed by atoms with Gasteiger partial charge in [0.25, 0.3) is 0 Å². The Morgan fingerprint density at radius 3 is 2.41 bits per heavy atom. The van der Waals surface area contributed by atoms with E-state index in [-0.39, 0.29) is 0 Å². The van der Waals surface area contributed by atoms with Gasteiger partial charge in [-0.05, 0) is 30.3 Å². The molecule has 1 heterocycles. The molecule has 3 nitrogen and oxygen atoms in total. The lowest BCUT2D eigenvalue weighted by atomic mass is 10.1. The lowest BCUT2D eigenvalue weighted by Gasteiger charge is -2.10. The number of benzene rings is 3. The molecule has 0 radical (unpaired) electrons. The predicted molar refractivity (Wildman–Crippen MR) is 93.4 cm³/mol. The van der Waals surface area contributed by atoms with Gasteiger partial charge in [-0.15, -0.1) is 0 Å². The highest BCUT2D eigenvalue weighted by Gasteiger charge is 2.08. The molecule has 0 saturated heterocycles. The maximum atomic E-state index is 7.71. The SMILES string of the molecule is N=Cc1cc2c(cc1Nc1ccccc1)[nH]c1ccccc12. The predicted octanol–water partition coefficient (Wildman–Crippen LogP) is 5.06. The van der Waals surface area contributed by atoms with Crippen molar-refractivity contribution in [1.82, 2.24) is 4.98 Å². The van der Waals surface area contributed by atoms with Crippen LogP contribution < -0.4 is 5.32 Å². The van der Waals surface area contributed by atoms with Crippen LogP contribution in [0.25, 0.3) is 21.8 Å². The van der Waals surface area contributed by atoms with E-state index in [0.29, 0.717) is 0 Å². The average molecular weight is 285 g/mol. The fourth-order valence-electron chi connectivity index (χ4n) is 2.82. The summed E-state index contributed by atoms with van der Waals surface area (Å²) in [5.41, 5.74) is 5.01. The Labute approximate surface area is 128 Å². The molecule has 3 aromatic carbocycles. The number of H-pyrrole nitrogens is 1. The van der Waals surface area contributed by atoms with E-state index in [1.807, 2.05) is 42.5 Å². The summed E-state index contributed by atoms with van der Waals surface area (Å²) in [5.74, 6) is 0. The van der Waals surface area contributed by atoms with Gasteiger partial charge >= 0.3 is 0 Å². The van der Waals surface area contributed by atoms with E-state index in [9.17, 15) is 0 Å². The molecule has 0 amide bonds. The first kappa shape index (κ1) is 12.7. The summed E-state index contributed by atoms with van der Waals surface area (Å²) in [5, 5.41) is 13.4. The molecule has 22 heavy (non-hydrogen) atoms. The van der Waals surface area contributed by atoms with Crippen LogP contribution in [0, 0.1) is 5.41 Å². The Hall–Kier alpha value is -3.07. The van der Waals surface area contributed by atoms with Gasteiger partial charge in [0.1, 0.15) is 0 Å². The van der Waals surface area contributed by atoms with Gasteiger partial charge in [-0.1, -0.05) is 36.4 Å². The van der Waals surface area contributed by atoms with Crippen LogP contribution in [0.1, 0.15) is 5.56 Å². The summed E-state index contributed by atoms with van der Waals surface area (Å²) in [6.45, 7) is 0. The van der Waals surface area contributed by atoms with E-state index in [2.05, 4.69) is 34.6 Å². The smallest absolute Gasteiger partial charge is 0.0494 e. The molecule has 3 heteroatoms. The number of anilines is 2. The Morgan fingerprint density at radius 2 is 1.59 bits per heavy atom. The van der Waals surface area contributed by atoms with Crippen molar-refractivity contribution in [2.24, 2.45) is 0 Å². The van der Waals surface area contributed by atoms with Crippen LogP contribution in [0.4, 0.5) is 11.4 Å². The van der Waals surface area contributed by atoms with Crippen molar-refractivity contribution >= 4 is 39.4 Å². The molecule has 3 N–H and O–H groups in total. The van der Waals surface area contributed by atoms with Crippen LogP contribution in [0.2, 0.25) is 0 Å². The first-order valence-electron chi connectivity index (χ1n) is 7.22. The van der Waals surface area contributed by atoms with E-state index < -0.39 is 0 Å². The molecule has 4 aromatic rings. The monoisotopic (exact) mass is 285 g/mol. The van der Waals surface area contributed by atoms with Gasteiger partial charge < -0.3 is 15.7 Å². The number of hydrogen-bond acceptors (Lipinski definition) is 2. The molecular weight excluding hydrogens is 270 g/mol. The molecule has 0 bridgehead atoms. The van der Waals surface area contributed by atoms with Crippen LogP contribution in [-0.2, 0) is 0 Å². The number of aromatic nitrogens is 1. The summed E-state index contributed by atoms with van der Waals surface area (Å²) < 4.78 is 0. The van der Waals surface area contributed by atoms with Crippen molar-refractivity contribution < 1.29 is 0 Å². The molecule has 0 spiro atoms. The van der Waals surface area contributed by atoms with E-state index in [1.165, 1.54) is 11.6 Å². The van der Waals surface area contributed by atoms with Crippen molar-refractivity contribution in [2.75, 3.05) is 5.32 Å². The summed E-state index contributed by atoms with van der Waals surface area (Å²) in [4.78, 5) is 3.44. The molecule has 1 aromatic heterocycles. The van der Waals surface area contributed by atoms with E-state index in [4.69, 9.17) is 5.41 Å². The third-order valence-electron chi connectivity index (χ3n) is 3.88. The van der Waals surface area contributed by atoms with Gasteiger partial charge in [-0.3, -0.25) is 0 Å². The average Bonchev–Trinajstić information content (AvgIpc) is 2.92. The lowest BCUT2D eigenvalue weighted by molar-refractivity contribution is 1.50. The molecule has 4 rings (SSSR count). The summed E-state index contributed by atoms with van der Waals surface area (Å²) in [6.07, 6.45) is 1.40. The van der Waals surface area contributed by atoms with Crippen LogP contribution in [-0.4, -0.2) is 11.2 Å². The molecule has 0 unspecified atom stereocenters. The number of hydrogen-bond donors (Lipinski definition) is 3. The zero-order valence-electron chi connectivity index (χ0n) is 11.9. The molecule has 0 aliphatic heterocycles. The largest absolute Gasteiger partial charge is 0.355 e. The van der Waals surface area contributed by atoms with Gasteiger partial charge in [0.15, 0.2) is 0 Å². The van der Waals surface area contributed by atoms with Crippen LogP contribution in [0.5, 0.6) is 0 Å². The summed E-state index contributed by atoms with van der Waals surface area (Å²) >= 11 is 0. The minimum Gasteiger partial charge on any atom is -0.355 e. The molecular formula is C19H15N3. The highest BCUT2D eigenvalue weighted by Crippen LogP contribution is 2.30. The lowest BCUT2D eigenvalue weighted by Crippen LogP contribution is -1.95. The second kappa shape index (κ2) is 5.04. The van der Waals surface area contributed by atoms with Crippen molar-refractivity contribution in [2.45, 2.75) is 0 Å². The number of rotatable bonds is 3. The Kier molecular flexibility index (Phi) is 2.90. The highest BCUT2D eigenvalue weighted by molar-refractivity contribution is 6.10. The first-order chi connectivity index (χ1) is 10.8. The van der Waals surface area contributed by atoms with Gasteiger partial charge in [-0.25, -0.2) is 0 Å². The highest BCUT2D eigenvalue weighted by atomic mass is 14.9. The maximum Gasteiger partial charge on any atom is 0.0494 e. The van der Waals surface area contributed by atoms with Gasteiger partial charge in [0.2, 0.25) is 0 Å². The molecule has 0 fully saturated rings. The second-order valence-corrected chi connectivity index (χ2v) is 5.29. The summed E-state index contributed by atoms with van der Waals surface area (Å²) in [7, 11) is 0. The quantitative estimate of drug-likeness (QED) is 0.453. The normalized spacial score (nSPS) is 10.9. The Bertz CT molecular complexity index is 968. The maximum absolute atomic E-state index is 7.71. The fourth-order valence-corrected chi connectivity index (χ4v) is 2.82. The minimum absolute atomic E-state index is 0.876. The molecule has 0 atom stereocenters. The van der Waals surface area contributed by atoms with Crippen molar-refractivity contribution in [3.63, 3.8) is 0 Å². The number of para-hydroxylation sites is 2. The van der Waals surface area contributed by atoms with Crippen LogP contribution in [0.3, 0.4) is 0 Å². The number of aromatic amines is 1. The fraction of sp³-hybridized carbons (Fsp3) is 0. The second-order valence-electron chi connectivity index (χ2n) is 5.29. The Balaban J connectivity index is 1.91. The first-order valence-corrected chi connectivity index (χ1v) is 7.22. The number of fused-ring (bicyclic) bond motifs is 3. The van der Waals surface area contributed by atoms with Crippen molar-refractivity contribution in [1.29, 1.82) is 5.41 Å². The zero-order valence-corrected chi connectivity index (χ0v) is 11.9. The number of nitrogens with one attached hydrogen (secondary N) is 3. The molecule has 0 saturated carbocycles. The van der Waals surface area contributed by atoms with Gasteiger partial charge in [0.05, 0.1) is 0 Å². The van der Waals surface area contributed by atoms with E-state index in [0.717, 1.165) is 33.4 Å².